The fourth-order valence-electron chi connectivity index (χ4n) is 1.90. The Morgan fingerprint density at radius 3 is 2.28 bits per heavy atom. The van der Waals surface area contributed by atoms with Gasteiger partial charge in [-0.05, 0) is 26.0 Å². The summed E-state index contributed by atoms with van der Waals surface area (Å²) in [4.78, 5) is 15.8. The Labute approximate surface area is 109 Å². The molecule has 0 atom stereocenters. The van der Waals surface area contributed by atoms with E-state index in [0.717, 1.165) is 18.8 Å². The number of rotatable bonds is 7. The molecule has 1 amide bonds. The first-order valence-electron chi connectivity index (χ1n) is 6.41. The molecular formula is C14H22N2O2. The number of aliphatic hydroxyl groups is 1. The molecule has 4 nitrogen and oxygen atoms in total. The van der Waals surface area contributed by atoms with Crippen molar-refractivity contribution in [3.8, 4) is 0 Å². The van der Waals surface area contributed by atoms with Gasteiger partial charge in [-0.2, -0.15) is 0 Å². The summed E-state index contributed by atoms with van der Waals surface area (Å²) in [6, 6.07) is 9.70. The third-order valence-electron chi connectivity index (χ3n) is 2.93. The number of carbonyl (C=O) groups excluding carboxylic acids is 1. The van der Waals surface area contributed by atoms with E-state index in [4.69, 9.17) is 5.11 Å². The van der Waals surface area contributed by atoms with Gasteiger partial charge >= 0.3 is 0 Å². The number of nitrogens with zero attached hydrogens (tertiary/aromatic N) is 2. The van der Waals surface area contributed by atoms with Crippen molar-refractivity contribution in [2.24, 2.45) is 0 Å². The number of likely N-dealkylation sites (N-methyl/N-ethyl adjacent to an activating group) is 1. The smallest absolute Gasteiger partial charge is 0.242 e. The highest BCUT2D eigenvalue weighted by atomic mass is 16.3. The van der Waals surface area contributed by atoms with Crippen LogP contribution < -0.4 is 4.90 Å². The molecule has 0 saturated heterocycles. The Morgan fingerprint density at radius 2 is 1.78 bits per heavy atom. The molecule has 0 saturated carbocycles. The molecule has 0 fully saturated rings. The SMILES string of the molecule is CCN(CC)C(=O)CN(CCO)c1ccccc1. The molecule has 100 valence electrons. The van der Waals surface area contributed by atoms with E-state index in [-0.39, 0.29) is 12.5 Å². The summed E-state index contributed by atoms with van der Waals surface area (Å²) in [5, 5.41) is 9.10. The normalized spacial score (nSPS) is 10.2. The lowest BCUT2D eigenvalue weighted by Crippen LogP contribution is -2.41. The molecule has 0 aliphatic carbocycles. The van der Waals surface area contributed by atoms with Crippen LogP contribution in [-0.4, -0.2) is 48.7 Å². The number of para-hydroxylation sites is 1. The maximum atomic E-state index is 12.1. The summed E-state index contributed by atoms with van der Waals surface area (Å²) in [6.07, 6.45) is 0. The first-order valence-corrected chi connectivity index (χ1v) is 6.41. The standard InChI is InChI=1S/C14H22N2O2/c1-3-15(4-2)14(18)12-16(10-11-17)13-8-6-5-7-9-13/h5-9,17H,3-4,10-12H2,1-2H3. The molecule has 1 rings (SSSR count). The van der Waals surface area contributed by atoms with E-state index < -0.39 is 0 Å². The topological polar surface area (TPSA) is 43.8 Å². The molecule has 4 heteroatoms. The molecule has 1 N–H and O–H groups in total. The quantitative estimate of drug-likeness (QED) is 0.794. The fourth-order valence-corrected chi connectivity index (χ4v) is 1.90. The summed E-state index contributed by atoms with van der Waals surface area (Å²) >= 11 is 0. The van der Waals surface area contributed by atoms with Crippen molar-refractivity contribution in [1.82, 2.24) is 4.90 Å². The molecule has 0 heterocycles. The van der Waals surface area contributed by atoms with Crippen molar-refractivity contribution >= 4 is 11.6 Å². The zero-order valence-corrected chi connectivity index (χ0v) is 11.2. The lowest BCUT2D eigenvalue weighted by atomic mass is 10.2. The predicted molar refractivity (Wildman–Crippen MR) is 73.7 cm³/mol. The van der Waals surface area contributed by atoms with Crippen LogP contribution in [0.1, 0.15) is 13.8 Å². The highest BCUT2D eigenvalue weighted by Crippen LogP contribution is 2.12. The number of hydrogen-bond acceptors (Lipinski definition) is 3. The summed E-state index contributed by atoms with van der Waals surface area (Å²) in [5.41, 5.74) is 0.965. The fraction of sp³-hybridized carbons (Fsp3) is 0.500. The molecule has 0 aliphatic heterocycles. The Hall–Kier alpha value is -1.55. The predicted octanol–water partition coefficient (Wildman–Crippen LogP) is 1.35. The van der Waals surface area contributed by atoms with Crippen LogP contribution in [-0.2, 0) is 4.79 Å². The minimum Gasteiger partial charge on any atom is -0.395 e. The highest BCUT2D eigenvalue weighted by molar-refractivity contribution is 5.81. The lowest BCUT2D eigenvalue weighted by molar-refractivity contribution is -0.129. The van der Waals surface area contributed by atoms with Crippen LogP contribution in [0.2, 0.25) is 0 Å². The zero-order chi connectivity index (χ0) is 13.4. The number of carbonyl (C=O) groups is 1. The third kappa shape index (κ3) is 4.04. The molecule has 0 unspecified atom stereocenters. The second-order valence-corrected chi connectivity index (χ2v) is 4.05. The van der Waals surface area contributed by atoms with Gasteiger partial charge in [0.05, 0.1) is 13.2 Å². The van der Waals surface area contributed by atoms with Gasteiger partial charge in [-0.15, -0.1) is 0 Å². The van der Waals surface area contributed by atoms with E-state index >= 15 is 0 Å². The molecule has 1 aromatic carbocycles. The molecule has 1 aromatic rings. The number of amides is 1. The Kier molecular flexibility index (Phi) is 6.22. The average Bonchev–Trinajstić information content (AvgIpc) is 2.40. The molecule has 18 heavy (non-hydrogen) atoms. The Morgan fingerprint density at radius 1 is 1.17 bits per heavy atom. The van der Waals surface area contributed by atoms with E-state index in [1.165, 1.54) is 0 Å². The van der Waals surface area contributed by atoms with Gasteiger partial charge in [0, 0.05) is 25.3 Å². The van der Waals surface area contributed by atoms with E-state index in [2.05, 4.69) is 0 Å². The van der Waals surface area contributed by atoms with Gasteiger partial charge in [0.15, 0.2) is 0 Å². The minimum absolute atomic E-state index is 0.0421. The van der Waals surface area contributed by atoms with Crippen molar-refractivity contribution in [3.63, 3.8) is 0 Å². The van der Waals surface area contributed by atoms with Crippen LogP contribution in [0.4, 0.5) is 5.69 Å². The third-order valence-corrected chi connectivity index (χ3v) is 2.93. The zero-order valence-electron chi connectivity index (χ0n) is 11.2. The van der Waals surface area contributed by atoms with Crippen LogP contribution in [0.15, 0.2) is 30.3 Å². The number of benzene rings is 1. The molecule has 0 aliphatic rings. The highest BCUT2D eigenvalue weighted by Gasteiger charge is 2.14. The van der Waals surface area contributed by atoms with Crippen LogP contribution >= 0.6 is 0 Å². The molecule has 0 radical (unpaired) electrons. The van der Waals surface area contributed by atoms with Crippen LogP contribution in [0, 0.1) is 0 Å². The van der Waals surface area contributed by atoms with Crippen molar-refractivity contribution < 1.29 is 9.90 Å². The van der Waals surface area contributed by atoms with Crippen LogP contribution in [0.5, 0.6) is 0 Å². The second-order valence-electron chi connectivity index (χ2n) is 4.05. The van der Waals surface area contributed by atoms with Gasteiger partial charge in [-0.3, -0.25) is 4.79 Å². The van der Waals surface area contributed by atoms with Gasteiger partial charge in [0.1, 0.15) is 0 Å². The second kappa shape index (κ2) is 7.71. The summed E-state index contributed by atoms with van der Waals surface area (Å²) < 4.78 is 0. The van der Waals surface area contributed by atoms with Gasteiger partial charge in [0.25, 0.3) is 0 Å². The van der Waals surface area contributed by atoms with Crippen molar-refractivity contribution in [1.29, 1.82) is 0 Å². The van der Waals surface area contributed by atoms with Gasteiger partial charge < -0.3 is 14.9 Å². The van der Waals surface area contributed by atoms with Crippen LogP contribution in [0.25, 0.3) is 0 Å². The maximum absolute atomic E-state index is 12.1. The first-order chi connectivity index (χ1) is 8.72. The number of anilines is 1. The van der Waals surface area contributed by atoms with Gasteiger partial charge in [-0.1, -0.05) is 18.2 Å². The van der Waals surface area contributed by atoms with E-state index in [0.29, 0.717) is 13.1 Å². The molecule has 0 aromatic heterocycles. The molecular weight excluding hydrogens is 228 g/mol. The maximum Gasteiger partial charge on any atom is 0.242 e. The monoisotopic (exact) mass is 250 g/mol. The van der Waals surface area contributed by atoms with Crippen molar-refractivity contribution in [2.75, 3.05) is 37.7 Å². The van der Waals surface area contributed by atoms with E-state index in [1.807, 2.05) is 49.1 Å². The van der Waals surface area contributed by atoms with Crippen molar-refractivity contribution in [2.45, 2.75) is 13.8 Å². The average molecular weight is 250 g/mol. The summed E-state index contributed by atoms with van der Waals surface area (Å²) in [6.45, 7) is 6.21. The summed E-state index contributed by atoms with van der Waals surface area (Å²) in [7, 11) is 0. The van der Waals surface area contributed by atoms with Crippen LogP contribution in [0.3, 0.4) is 0 Å². The number of hydrogen-bond donors (Lipinski definition) is 1. The Bertz CT molecular complexity index is 350. The number of aliphatic hydroxyl groups excluding tert-OH is 1. The minimum atomic E-state index is 0.0421. The summed E-state index contributed by atoms with van der Waals surface area (Å²) in [5.74, 6) is 0.0947. The molecule has 0 spiro atoms. The van der Waals surface area contributed by atoms with Gasteiger partial charge in [0.2, 0.25) is 5.91 Å². The van der Waals surface area contributed by atoms with Crippen molar-refractivity contribution in [3.05, 3.63) is 30.3 Å². The first kappa shape index (κ1) is 14.5. The molecule has 0 bridgehead atoms. The Balaban J connectivity index is 2.72. The van der Waals surface area contributed by atoms with E-state index in [9.17, 15) is 4.79 Å². The van der Waals surface area contributed by atoms with Gasteiger partial charge in [-0.25, -0.2) is 0 Å². The van der Waals surface area contributed by atoms with E-state index in [1.54, 1.807) is 4.90 Å². The lowest BCUT2D eigenvalue weighted by Gasteiger charge is -2.27. The largest absolute Gasteiger partial charge is 0.395 e.